The highest BCUT2D eigenvalue weighted by molar-refractivity contribution is 6.79. The van der Waals surface area contributed by atoms with Gasteiger partial charge in [-0.25, -0.2) is 4.79 Å². The summed E-state index contributed by atoms with van der Waals surface area (Å²) in [7, 11) is 0. The zero-order valence-electron chi connectivity index (χ0n) is 6.76. The van der Waals surface area contributed by atoms with Gasteiger partial charge in [-0.3, -0.25) is 0 Å². The lowest BCUT2D eigenvalue weighted by molar-refractivity contribution is -0.167. The van der Waals surface area contributed by atoms with Crippen molar-refractivity contribution in [2.24, 2.45) is 0 Å². The number of carbonyl (C=O) groups is 1. The van der Waals surface area contributed by atoms with Crippen LogP contribution in [-0.4, -0.2) is 29.5 Å². The van der Waals surface area contributed by atoms with Gasteiger partial charge in [-0.2, -0.15) is 8.78 Å². The molecule has 0 unspecified atom stereocenters. The molecule has 0 aromatic carbocycles. The summed E-state index contributed by atoms with van der Waals surface area (Å²) in [5.41, 5.74) is 0. The molecule has 0 amide bonds. The first-order valence-corrected chi connectivity index (χ1v) is 5.77. The SMILES string of the molecule is O=C(O)C(F)(F)C(Cl)(Cl)C(Cl)(Cl)C(Cl)(Cl)Cl. The third kappa shape index (κ3) is 2.68. The summed E-state index contributed by atoms with van der Waals surface area (Å²) in [4.78, 5) is 10.3. The number of hydrogen-bond acceptors (Lipinski definition) is 1. The van der Waals surface area contributed by atoms with E-state index in [1.54, 1.807) is 0 Å². The van der Waals surface area contributed by atoms with E-state index < -0.39 is 24.4 Å². The van der Waals surface area contributed by atoms with E-state index in [0.717, 1.165) is 0 Å². The minimum absolute atomic E-state index is 2.67. The van der Waals surface area contributed by atoms with Crippen molar-refractivity contribution in [3.05, 3.63) is 0 Å². The van der Waals surface area contributed by atoms with Crippen molar-refractivity contribution in [2.45, 2.75) is 18.4 Å². The standard InChI is InChI=1S/C5HCl7F2O2/c6-3(7,2(13,14)1(15)16)4(8,9)5(10,11)12/h(H,15,16). The Balaban J connectivity index is 5.62. The van der Waals surface area contributed by atoms with Gasteiger partial charge >= 0.3 is 11.9 Å². The average molecular weight is 379 g/mol. The van der Waals surface area contributed by atoms with Gasteiger partial charge in [0.1, 0.15) is 0 Å². The second-order valence-corrected chi connectivity index (χ2v) is 7.46. The predicted molar refractivity (Wildman–Crippen MR) is 61.7 cm³/mol. The second-order valence-electron chi connectivity index (χ2n) is 2.53. The van der Waals surface area contributed by atoms with E-state index in [-0.39, 0.29) is 0 Å². The van der Waals surface area contributed by atoms with Gasteiger partial charge in [0.15, 0.2) is 0 Å². The van der Waals surface area contributed by atoms with Gasteiger partial charge in [0, 0.05) is 0 Å². The van der Waals surface area contributed by atoms with Crippen molar-refractivity contribution in [3.8, 4) is 0 Å². The highest BCUT2D eigenvalue weighted by atomic mass is 35.6. The normalized spacial score (nSPS) is 15.1. The van der Waals surface area contributed by atoms with Crippen LogP contribution in [0, 0.1) is 0 Å². The maximum absolute atomic E-state index is 13.1. The fourth-order valence-corrected chi connectivity index (χ4v) is 1.91. The van der Waals surface area contributed by atoms with Crippen LogP contribution in [0.2, 0.25) is 0 Å². The molecule has 0 aromatic heterocycles. The molecule has 2 nitrogen and oxygen atoms in total. The van der Waals surface area contributed by atoms with Crippen LogP contribution < -0.4 is 0 Å². The predicted octanol–water partition coefficient (Wildman–Crippen LogP) is 4.42. The van der Waals surface area contributed by atoms with Crippen LogP contribution in [0.25, 0.3) is 0 Å². The molecule has 0 saturated heterocycles. The first-order chi connectivity index (χ1) is 6.69. The van der Waals surface area contributed by atoms with Gasteiger partial charge in [0.2, 0.25) is 12.5 Å². The van der Waals surface area contributed by atoms with Crippen molar-refractivity contribution in [1.82, 2.24) is 0 Å². The lowest BCUT2D eigenvalue weighted by atomic mass is 10.1. The average Bonchev–Trinajstić information content (AvgIpc) is 2.00. The fourth-order valence-electron chi connectivity index (χ4n) is 0.509. The number of rotatable bonds is 3. The summed E-state index contributed by atoms with van der Waals surface area (Å²) in [6, 6.07) is 0. The Labute approximate surface area is 124 Å². The van der Waals surface area contributed by atoms with Gasteiger partial charge in [0.25, 0.3) is 0 Å². The highest BCUT2D eigenvalue weighted by Gasteiger charge is 2.73. The monoisotopic (exact) mass is 376 g/mol. The Hall–Kier alpha value is 1.36. The number of aliphatic carboxylic acids is 1. The molecule has 0 aliphatic heterocycles. The summed E-state index contributed by atoms with van der Waals surface area (Å²) in [5.74, 6) is -7.40. The number of carboxylic acids is 1. The molecule has 0 aliphatic carbocycles. The van der Waals surface area contributed by atoms with Crippen LogP contribution in [0.3, 0.4) is 0 Å². The molecule has 0 aromatic rings. The third-order valence-electron chi connectivity index (χ3n) is 1.41. The molecule has 0 atom stereocenters. The smallest absolute Gasteiger partial charge is 0.378 e. The summed E-state index contributed by atoms with van der Waals surface area (Å²) in [6.07, 6.45) is 0. The zero-order chi connectivity index (χ0) is 13.6. The van der Waals surface area contributed by atoms with E-state index in [9.17, 15) is 13.6 Å². The van der Waals surface area contributed by atoms with E-state index >= 15 is 0 Å². The molecule has 11 heteroatoms. The molecule has 0 spiro atoms. The van der Waals surface area contributed by atoms with E-state index in [1.807, 2.05) is 0 Å². The summed E-state index contributed by atoms with van der Waals surface area (Å²) < 4.78 is 16.9. The van der Waals surface area contributed by atoms with Crippen LogP contribution in [0.15, 0.2) is 0 Å². The molecule has 0 bridgehead atoms. The quantitative estimate of drug-likeness (QED) is 0.737. The van der Waals surface area contributed by atoms with Gasteiger partial charge < -0.3 is 5.11 Å². The van der Waals surface area contributed by atoms with E-state index in [1.165, 1.54) is 0 Å². The Morgan fingerprint density at radius 1 is 0.875 bits per heavy atom. The molecule has 1 N–H and O–H groups in total. The number of carboxylic acid groups (broad SMARTS) is 1. The first-order valence-electron chi connectivity index (χ1n) is 3.13. The molecule has 0 rings (SSSR count). The van der Waals surface area contributed by atoms with Gasteiger partial charge in [-0.1, -0.05) is 81.2 Å². The molecule has 0 fully saturated rings. The van der Waals surface area contributed by atoms with E-state index in [0.29, 0.717) is 0 Å². The Kier molecular flexibility index (Phi) is 5.21. The number of alkyl halides is 9. The van der Waals surface area contributed by atoms with Crippen molar-refractivity contribution >= 4 is 87.2 Å². The lowest BCUT2D eigenvalue weighted by Gasteiger charge is -2.39. The fraction of sp³-hybridized carbons (Fsp3) is 0.800. The highest BCUT2D eigenvalue weighted by Crippen LogP contribution is 2.61. The Morgan fingerprint density at radius 2 is 1.19 bits per heavy atom. The number of halogens is 9. The lowest BCUT2D eigenvalue weighted by Crippen LogP contribution is -2.60. The maximum Gasteiger partial charge on any atom is 0.378 e. The molecule has 0 aliphatic rings. The third-order valence-corrected chi connectivity index (χ3v) is 5.41. The minimum Gasteiger partial charge on any atom is -0.477 e. The molecule has 0 saturated carbocycles. The van der Waals surface area contributed by atoms with Crippen LogP contribution in [0.1, 0.15) is 0 Å². The zero-order valence-corrected chi connectivity index (χ0v) is 12.0. The molecule has 96 valence electrons. The van der Waals surface area contributed by atoms with Gasteiger partial charge in [-0.15, -0.1) is 0 Å². The summed E-state index contributed by atoms with van der Waals surface area (Å²) in [6.45, 7) is 0. The molecular weight excluding hydrogens is 378 g/mol. The molecule has 16 heavy (non-hydrogen) atoms. The largest absolute Gasteiger partial charge is 0.477 e. The van der Waals surface area contributed by atoms with Crippen LogP contribution >= 0.6 is 81.2 Å². The van der Waals surface area contributed by atoms with Gasteiger partial charge in [-0.05, 0) is 0 Å². The number of hydrogen-bond donors (Lipinski definition) is 1. The Morgan fingerprint density at radius 3 is 1.38 bits per heavy atom. The topological polar surface area (TPSA) is 37.3 Å². The van der Waals surface area contributed by atoms with Crippen molar-refractivity contribution < 1.29 is 18.7 Å². The van der Waals surface area contributed by atoms with Crippen molar-refractivity contribution in [3.63, 3.8) is 0 Å². The summed E-state index contributed by atoms with van der Waals surface area (Å²) in [5, 5.41) is 8.24. The molecule has 0 radical (unpaired) electrons. The summed E-state index contributed by atoms with van der Waals surface area (Å²) >= 11 is 36.4. The first kappa shape index (κ1) is 17.4. The van der Waals surface area contributed by atoms with Crippen LogP contribution in [-0.2, 0) is 4.79 Å². The van der Waals surface area contributed by atoms with Crippen molar-refractivity contribution in [2.75, 3.05) is 0 Å². The second kappa shape index (κ2) is 4.80. The Bertz CT molecular complexity index is 298. The maximum atomic E-state index is 13.1. The van der Waals surface area contributed by atoms with Crippen LogP contribution in [0.4, 0.5) is 8.78 Å². The van der Waals surface area contributed by atoms with Gasteiger partial charge in [0.05, 0.1) is 0 Å². The van der Waals surface area contributed by atoms with E-state index in [4.69, 9.17) is 86.3 Å². The molecule has 0 heterocycles. The van der Waals surface area contributed by atoms with Crippen molar-refractivity contribution in [1.29, 1.82) is 0 Å². The minimum atomic E-state index is -4.73. The van der Waals surface area contributed by atoms with E-state index in [2.05, 4.69) is 0 Å². The molecular formula is C5HCl7F2O2. The van der Waals surface area contributed by atoms with Crippen LogP contribution in [0.5, 0.6) is 0 Å².